The van der Waals surface area contributed by atoms with Gasteiger partial charge in [0.05, 0.1) is 0 Å². The van der Waals surface area contributed by atoms with Gasteiger partial charge in [-0.3, -0.25) is 0 Å². The van der Waals surface area contributed by atoms with Crippen molar-refractivity contribution in [1.82, 2.24) is 0 Å². The van der Waals surface area contributed by atoms with E-state index >= 15 is 0 Å². The predicted molar refractivity (Wildman–Crippen MR) is 63.9 cm³/mol. The van der Waals surface area contributed by atoms with Gasteiger partial charge in [0.1, 0.15) is 0 Å². The minimum atomic E-state index is 0.0107. The molecule has 0 aromatic heterocycles. The molecule has 76 valence electrons. The van der Waals surface area contributed by atoms with Gasteiger partial charge in [-0.05, 0) is 18.9 Å². The molecule has 1 aromatic rings. The molecule has 1 unspecified atom stereocenters. The van der Waals surface area contributed by atoms with Crippen LogP contribution >= 0.6 is 11.6 Å². The van der Waals surface area contributed by atoms with Crippen LogP contribution in [0.15, 0.2) is 36.9 Å². The Balaban J connectivity index is 2.77. The molecule has 0 aliphatic heterocycles. The Hall–Kier alpha value is -0.750. The third-order valence-corrected chi connectivity index (χ3v) is 3.14. The van der Waals surface area contributed by atoms with Gasteiger partial charge >= 0.3 is 0 Å². The van der Waals surface area contributed by atoms with E-state index in [0.717, 1.165) is 6.42 Å². The second kappa shape index (κ2) is 4.65. The van der Waals surface area contributed by atoms with Crippen LogP contribution in [0.4, 0.5) is 0 Å². The Morgan fingerprint density at radius 3 is 2.36 bits per heavy atom. The van der Waals surface area contributed by atoms with E-state index in [9.17, 15) is 0 Å². The predicted octanol–water partition coefficient (Wildman–Crippen LogP) is 3.97. The zero-order chi connectivity index (χ0) is 10.6. The van der Waals surface area contributed by atoms with Gasteiger partial charge in [-0.2, -0.15) is 0 Å². The van der Waals surface area contributed by atoms with Crippen molar-refractivity contribution in [3.63, 3.8) is 0 Å². The standard InChI is InChI=1S/C13H17Cl/c1-4-13(3,10-14)9-12-7-5-11(2)6-8-12/h4-8H,1,9-10H2,2-3H3. The van der Waals surface area contributed by atoms with Gasteiger partial charge in [-0.15, -0.1) is 18.2 Å². The molecular formula is C13H17Cl. The first-order valence-corrected chi connectivity index (χ1v) is 5.38. The van der Waals surface area contributed by atoms with Crippen LogP contribution in [0.3, 0.4) is 0 Å². The number of alkyl halides is 1. The molecule has 0 bridgehead atoms. The fourth-order valence-electron chi connectivity index (χ4n) is 1.35. The van der Waals surface area contributed by atoms with Gasteiger partial charge in [-0.1, -0.05) is 42.8 Å². The second-order valence-electron chi connectivity index (χ2n) is 4.15. The van der Waals surface area contributed by atoms with Gasteiger partial charge < -0.3 is 0 Å². The van der Waals surface area contributed by atoms with Crippen molar-refractivity contribution in [3.8, 4) is 0 Å². The molecule has 1 rings (SSSR count). The highest BCUT2D eigenvalue weighted by atomic mass is 35.5. The Bertz CT molecular complexity index is 300. The highest BCUT2D eigenvalue weighted by molar-refractivity contribution is 6.18. The summed E-state index contributed by atoms with van der Waals surface area (Å²) < 4.78 is 0. The number of rotatable bonds is 4. The third-order valence-electron chi connectivity index (χ3n) is 2.53. The summed E-state index contributed by atoms with van der Waals surface area (Å²) in [7, 11) is 0. The van der Waals surface area contributed by atoms with Crippen LogP contribution in [0.1, 0.15) is 18.1 Å². The summed E-state index contributed by atoms with van der Waals surface area (Å²) in [5.41, 5.74) is 2.62. The molecule has 0 aliphatic carbocycles. The number of aryl methyl sites for hydroxylation is 1. The molecule has 0 fully saturated rings. The molecule has 0 amide bonds. The maximum absolute atomic E-state index is 5.92. The molecule has 1 aromatic carbocycles. The molecule has 0 aliphatic rings. The van der Waals surface area contributed by atoms with E-state index in [-0.39, 0.29) is 5.41 Å². The molecule has 1 atom stereocenters. The van der Waals surface area contributed by atoms with Crippen molar-refractivity contribution >= 4 is 11.6 Å². The lowest BCUT2D eigenvalue weighted by Gasteiger charge is -2.22. The van der Waals surface area contributed by atoms with Gasteiger partial charge in [0, 0.05) is 11.3 Å². The summed E-state index contributed by atoms with van der Waals surface area (Å²) >= 11 is 5.92. The van der Waals surface area contributed by atoms with Crippen molar-refractivity contribution < 1.29 is 0 Å². The number of benzene rings is 1. The van der Waals surface area contributed by atoms with Crippen LogP contribution < -0.4 is 0 Å². The molecule has 14 heavy (non-hydrogen) atoms. The molecule has 0 saturated carbocycles. The van der Waals surface area contributed by atoms with Crippen LogP contribution in [0.2, 0.25) is 0 Å². The Kier molecular flexibility index (Phi) is 3.77. The van der Waals surface area contributed by atoms with Crippen molar-refractivity contribution in [2.75, 3.05) is 5.88 Å². The van der Waals surface area contributed by atoms with Gasteiger partial charge in [0.2, 0.25) is 0 Å². The van der Waals surface area contributed by atoms with E-state index in [1.165, 1.54) is 11.1 Å². The van der Waals surface area contributed by atoms with Crippen molar-refractivity contribution in [1.29, 1.82) is 0 Å². The summed E-state index contributed by atoms with van der Waals surface area (Å²) in [5.74, 6) is 0.615. The van der Waals surface area contributed by atoms with Crippen molar-refractivity contribution in [2.24, 2.45) is 5.41 Å². The summed E-state index contributed by atoms with van der Waals surface area (Å²) in [6, 6.07) is 8.58. The lowest BCUT2D eigenvalue weighted by molar-refractivity contribution is 0.486. The number of hydrogen-bond acceptors (Lipinski definition) is 0. The summed E-state index contributed by atoms with van der Waals surface area (Å²) in [5, 5.41) is 0. The zero-order valence-corrected chi connectivity index (χ0v) is 9.64. The van der Waals surface area contributed by atoms with Gasteiger partial charge in [0.25, 0.3) is 0 Å². The number of halogens is 1. The SMILES string of the molecule is C=CC(C)(CCl)Cc1ccc(C)cc1. The molecule has 0 N–H and O–H groups in total. The Morgan fingerprint density at radius 2 is 1.93 bits per heavy atom. The average molecular weight is 209 g/mol. The van der Waals surface area contributed by atoms with E-state index < -0.39 is 0 Å². The Morgan fingerprint density at radius 1 is 1.36 bits per heavy atom. The topological polar surface area (TPSA) is 0 Å². The normalized spacial score (nSPS) is 14.8. The van der Waals surface area contributed by atoms with E-state index in [1.54, 1.807) is 0 Å². The minimum Gasteiger partial charge on any atom is -0.126 e. The van der Waals surface area contributed by atoms with Crippen LogP contribution in [0.25, 0.3) is 0 Å². The van der Waals surface area contributed by atoms with Crippen LogP contribution in [-0.4, -0.2) is 5.88 Å². The maximum atomic E-state index is 5.92. The minimum absolute atomic E-state index is 0.0107. The quantitative estimate of drug-likeness (QED) is 0.519. The molecule has 1 heteroatoms. The number of hydrogen-bond donors (Lipinski definition) is 0. The lowest BCUT2D eigenvalue weighted by atomic mass is 9.85. The first-order valence-electron chi connectivity index (χ1n) is 4.85. The fourth-order valence-corrected chi connectivity index (χ4v) is 1.55. The second-order valence-corrected chi connectivity index (χ2v) is 4.42. The Labute approximate surface area is 91.6 Å². The first-order chi connectivity index (χ1) is 6.59. The highest BCUT2D eigenvalue weighted by Crippen LogP contribution is 2.25. The largest absolute Gasteiger partial charge is 0.126 e. The van der Waals surface area contributed by atoms with E-state index in [2.05, 4.69) is 44.7 Å². The molecule has 0 saturated heterocycles. The zero-order valence-electron chi connectivity index (χ0n) is 8.89. The molecule has 0 spiro atoms. The monoisotopic (exact) mass is 208 g/mol. The maximum Gasteiger partial charge on any atom is 0.0315 e. The highest BCUT2D eigenvalue weighted by Gasteiger charge is 2.19. The summed E-state index contributed by atoms with van der Waals surface area (Å²) in [6.07, 6.45) is 2.90. The van der Waals surface area contributed by atoms with Gasteiger partial charge in [-0.25, -0.2) is 0 Å². The van der Waals surface area contributed by atoms with Gasteiger partial charge in [0.15, 0.2) is 0 Å². The van der Waals surface area contributed by atoms with E-state index in [4.69, 9.17) is 11.6 Å². The van der Waals surface area contributed by atoms with E-state index in [0.29, 0.717) is 5.88 Å². The van der Waals surface area contributed by atoms with Crippen LogP contribution in [0, 0.1) is 12.3 Å². The summed E-state index contributed by atoms with van der Waals surface area (Å²) in [6.45, 7) is 8.06. The molecule has 0 nitrogen and oxygen atoms in total. The number of allylic oxidation sites excluding steroid dienone is 1. The lowest BCUT2D eigenvalue weighted by Crippen LogP contribution is -2.18. The van der Waals surface area contributed by atoms with Crippen molar-refractivity contribution in [3.05, 3.63) is 48.0 Å². The smallest absolute Gasteiger partial charge is 0.0315 e. The summed E-state index contributed by atoms with van der Waals surface area (Å²) in [4.78, 5) is 0. The van der Waals surface area contributed by atoms with Crippen molar-refractivity contribution in [2.45, 2.75) is 20.3 Å². The third kappa shape index (κ3) is 2.88. The first kappa shape index (κ1) is 11.3. The molecule has 0 radical (unpaired) electrons. The van der Waals surface area contributed by atoms with Crippen LogP contribution in [-0.2, 0) is 6.42 Å². The fraction of sp³-hybridized carbons (Fsp3) is 0.385. The molecular weight excluding hydrogens is 192 g/mol. The van der Waals surface area contributed by atoms with E-state index in [1.807, 2.05) is 6.08 Å². The van der Waals surface area contributed by atoms with Crippen LogP contribution in [0.5, 0.6) is 0 Å². The average Bonchev–Trinajstić information content (AvgIpc) is 2.21. The molecule has 0 heterocycles.